The molecule has 2 aromatic heterocycles. The van der Waals surface area contributed by atoms with E-state index in [0.29, 0.717) is 11.8 Å². The maximum Gasteiger partial charge on any atom is 0.262 e. The molecule has 2 rings (SSSR count). The molecule has 5 nitrogen and oxygen atoms in total. The number of rotatable bonds is 7. The summed E-state index contributed by atoms with van der Waals surface area (Å²) in [6.07, 6.45) is 3.42. The molecular formula is C13H17N3O2S. The van der Waals surface area contributed by atoms with Crippen LogP contribution in [0.3, 0.4) is 0 Å². The Morgan fingerprint density at radius 2 is 2.37 bits per heavy atom. The molecule has 0 aliphatic carbocycles. The van der Waals surface area contributed by atoms with Gasteiger partial charge in [0.05, 0.1) is 12.3 Å². The second-order valence-corrected chi connectivity index (χ2v) is 4.93. The quantitative estimate of drug-likeness (QED) is 0.785. The van der Waals surface area contributed by atoms with Gasteiger partial charge >= 0.3 is 0 Å². The van der Waals surface area contributed by atoms with Crippen LogP contribution >= 0.6 is 11.8 Å². The smallest absolute Gasteiger partial charge is 0.262 e. The molecule has 0 bridgehead atoms. The molecule has 1 N–H and O–H groups in total. The predicted octanol–water partition coefficient (Wildman–Crippen LogP) is 2.27. The van der Waals surface area contributed by atoms with Gasteiger partial charge < -0.3 is 14.5 Å². The molecule has 0 spiro atoms. The van der Waals surface area contributed by atoms with Crippen molar-refractivity contribution in [2.24, 2.45) is 0 Å². The lowest BCUT2D eigenvalue weighted by Crippen LogP contribution is -2.19. The van der Waals surface area contributed by atoms with Gasteiger partial charge in [0, 0.05) is 26.4 Å². The highest BCUT2D eigenvalue weighted by atomic mass is 32.2. The van der Waals surface area contributed by atoms with Crippen LogP contribution in [0.4, 0.5) is 0 Å². The van der Waals surface area contributed by atoms with Crippen LogP contribution in [0.5, 0.6) is 0 Å². The van der Waals surface area contributed by atoms with Crippen molar-refractivity contribution in [3.05, 3.63) is 35.9 Å². The number of methoxy groups -OCH3 is 1. The summed E-state index contributed by atoms with van der Waals surface area (Å²) < 4.78 is 10.3. The lowest BCUT2D eigenvalue weighted by Gasteiger charge is -2.07. The van der Waals surface area contributed by atoms with Gasteiger partial charge in [0.25, 0.3) is 5.22 Å². The summed E-state index contributed by atoms with van der Waals surface area (Å²) in [6, 6.07) is 3.98. The van der Waals surface area contributed by atoms with Crippen LogP contribution in [-0.4, -0.2) is 30.2 Å². The number of aryl methyl sites for hydroxylation is 1. The van der Waals surface area contributed by atoms with Crippen molar-refractivity contribution in [3.63, 3.8) is 0 Å². The van der Waals surface area contributed by atoms with E-state index in [9.17, 15) is 0 Å². The third-order valence-electron chi connectivity index (χ3n) is 2.43. The number of oxazole rings is 1. The van der Waals surface area contributed by atoms with E-state index in [4.69, 9.17) is 9.15 Å². The standard InChI is InChI=1S/C13H17N3O2S/c1-10-9-18-13(16-10)19-12-11(4-3-5-15-12)8-14-6-7-17-2/h3-5,9,14H,6-8H2,1-2H3. The zero-order chi connectivity index (χ0) is 13.5. The van der Waals surface area contributed by atoms with Crippen molar-refractivity contribution in [3.8, 4) is 0 Å². The molecular weight excluding hydrogens is 262 g/mol. The topological polar surface area (TPSA) is 60.2 Å². The summed E-state index contributed by atoms with van der Waals surface area (Å²) in [7, 11) is 1.69. The van der Waals surface area contributed by atoms with Crippen LogP contribution < -0.4 is 5.32 Å². The van der Waals surface area contributed by atoms with Crippen LogP contribution in [-0.2, 0) is 11.3 Å². The number of nitrogens with one attached hydrogen (secondary N) is 1. The summed E-state index contributed by atoms with van der Waals surface area (Å²) in [6.45, 7) is 4.16. The molecule has 0 aromatic carbocycles. The molecule has 102 valence electrons. The van der Waals surface area contributed by atoms with E-state index in [0.717, 1.165) is 29.4 Å². The first-order valence-electron chi connectivity index (χ1n) is 6.03. The van der Waals surface area contributed by atoms with Crippen LogP contribution in [0.15, 0.2) is 39.3 Å². The summed E-state index contributed by atoms with van der Waals surface area (Å²) in [4.78, 5) is 8.65. The van der Waals surface area contributed by atoms with Gasteiger partial charge in [-0.25, -0.2) is 9.97 Å². The summed E-state index contributed by atoms with van der Waals surface area (Å²) in [5, 5.41) is 4.84. The van der Waals surface area contributed by atoms with Gasteiger partial charge in [-0.3, -0.25) is 0 Å². The minimum absolute atomic E-state index is 0.620. The fourth-order valence-corrected chi connectivity index (χ4v) is 2.35. The Hall–Kier alpha value is -1.37. The molecule has 2 heterocycles. The van der Waals surface area contributed by atoms with Gasteiger partial charge in [-0.2, -0.15) is 0 Å². The molecule has 2 aromatic rings. The van der Waals surface area contributed by atoms with Gasteiger partial charge in [0.1, 0.15) is 11.3 Å². The van der Waals surface area contributed by atoms with E-state index in [1.54, 1.807) is 19.6 Å². The highest BCUT2D eigenvalue weighted by molar-refractivity contribution is 7.99. The monoisotopic (exact) mass is 279 g/mol. The number of ether oxygens (including phenoxy) is 1. The highest BCUT2D eigenvalue weighted by Gasteiger charge is 2.09. The van der Waals surface area contributed by atoms with E-state index in [1.165, 1.54) is 11.8 Å². The van der Waals surface area contributed by atoms with Crippen LogP contribution in [0.2, 0.25) is 0 Å². The molecule has 0 amide bonds. The molecule has 0 atom stereocenters. The first-order valence-corrected chi connectivity index (χ1v) is 6.85. The van der Waals surface area contributed by atoms with Gasteiger partial charge in [-0.1, -0.05) is 6.07 Å². The van der Waals surface area contributed by atoms with Crippen molar-refractivity contribution in [2.45, 2.75) is 23.7 Å². The lowest BCUT2D eigenvalue weighted by atomic mass is 10.3. The van der Waals surface area contributed by atoms with Crippen LogP contribution in [0, 0.1) is 6.92 Å². The number of hydrogen-bond acceptors (Lipinski definition) is 6. The average Bonchev–Trinajstić information content (AvgIpc) is 2.82. The minimum atomic E-state index is 0.620. The fraction of sp³-hybridized carbons (Fsp3) is 0.385. The summed E-state index contributed by atoms with van der Waals surface area (Å²) >= 11 is 1.44. The van der Waals surface area contributed by atoms with Gasteiger partial charge in [-0.05, 0) is 30.3 Å². The van der Waals surface area contributed by atoms with E-state index in [1.807, 2.05) is 19.1 Å². The second kappa shape index (κ2) is 7.28. The van der Waals surface area contributed by atoms with Crippen molar-refractivity contribution < 1.29 is 9.15 Å². The van der Waals surface area contributed by atoms with Crippen molar-refractivity contribution >= 4 is 11.8 Å². The van der Waals surface area contributed by atoms with Crippen LogP contribution in [0.25, 0.3) is 0 Å². The first-order chi connectivity index (χ1) is 9.29. The van der Waals surface area contributed by atoms with Gasteiger partial charge in [-0.15, -0.1) is 0 Å². The van der Waals surface area contributed by atoms with Crippen molar-refractivity contribution in [1.82, 2.24) is 15.3 Å². The number of aromatic nitrogens is 2. The van der Waals surface area contributed by atoms with Crippen LogP contribution in [0.1, 0.15) is 11.3 Å². The van der Waals surface area contributed by atoms with E-state index in [2.05, 4.69) is 15.3 Å². The predicted molar refractivity (Wildman–Crippen MR) is 73.2 cm³/mol. The van der Waals surface area contributed by atoms with E-state index >= 15 is 0 Å². The number of hydrogen-bond donors (Lipinski definition) is 1. The maximum atomic E-state index is 5.34. The second-order valence-electron chi connectivity index (χ2n) is 3.99. The summed E-state index contributed by atoms with van der Waals surface area (Å²) in [5.41, 5.74) is 2.00. The lowest BCUT2D eigenvalue weighted by molar-refractivity contribution is 0.199. The zero-order valence-electron chi connectivity index (χ0n) is 11.0. The molecule has 6 heteroatoms. The Balaban J connectivity index is 1.99. The third kappa shape index (κ3) is 4.34. The highest BCUT2D eigenvalue weighted by Crippen LogP contribution is 2.27. The van der Waals surface area contributed by atoms with E-state index in [-0.39, 0.29) is 0 Å². The van der Waals surface area contributed by atoms with Crippen molar-refractivity contribution in [2.75, 3.05) is 20.3 Å². The number of pyridine rings is 1. The average molecular weight is 279 g/mol. The summed E-state index contributed by atoms with van der Waals surface area (Å²) in [5.74, 6) is 0. The molecule has 0 fully saturated rings. The Bertz CT molecular complexity index is 516. The Morgan fingerprint density at radius 1 is 1.47 bits per heavy atom. The molecule has 0 aliphatic heterocycles. The zero-order valence-corrected chi connectivity index (χ0v) is 11.9. The fourth-order valence-electron chi connectivity index (χ4n) is 1.51. The molecule has 19 heavy (non-hydrogen) atoms. The largest absolute Gasteiger partial charge is 0.439 e. The maximum absolute atomic E-state index is 5.34. The molecule has 0 radical (unpaired) electrons. The first kappa shape index (κ1) is 14.0. The Morgan fingerprint density at radius 3 is 3.11 bits per heavy atom. The van der Waals surface area contributed by atoms with Crippen molar-refractivity contribution in [1.29, 1.82) is 0 Å². The molecule has 0 unspecified atom stereocenters. The van der Waals surface area contributed by atoms with Gasteiger partial charge in [0.15, 0.2) is 0 Å². The minimum Gasteiger partial charge on any atom is -0.439 e. The molecule has 0 aliphatic rings. The van der Waals surface area contributed by atoms with E-state index < -0.39 is 0 Å². The molecule has 0 saturated heterocycles. The Kier molecular flexibility index (Phi) is 5.38. The Labute approximate surface area is 116 Å². The third-order valence-corrected chi connectivity index (χ3v) is 3.35. The SMILES string of the molecule is COCCNCc1cccnc1Sc1nc(C)co1. The molecule has 0 saturated carbocycles. The normalized spacial score (nSPS) is 10.8. The number of nitrogens with zero attached hydrogens (tertiary/aromatic N) is 2. The van der Waals surface area contributed by atoms with Gasteiger partial charge in [0.2, 0.25) is 0 Å².